The van der Waals surface area contributed by atoms with Gasteiger partial charge in [-0.15, -0.1) is 0 Å². The molecule has 6 heteroatoms. The van der Waals surface area contributed by atoms with Crippen LogP contribution in [0.15, 0.2) is 79.0 Å². The van der Waals surface area contributed by atoms with Gasteiger partial charge in [-0.05, 0) is 30.7 Å². The lowest BCUT2D eigenvalue weighted by Gasteiger charge is -2.19. The van der Waals surface area contributed by atoms with Gasteiger partial charge in [0.15, 0.2) is 0 Å². The number of aryl methyl sites for hydroxylation is 1. The van der Waals surface area contributed by atoms with Crippen molar-refractivity contribution in [2.75, 3.05) is 12.4 Å². The first-order valence-electron chi connectivity index (χ1n) is 9.84. The Morgan fingerprint density at radius 3 is 2.48 bits per heavy atom. The van der Waals surface area contributed by atoms with Crippen LogP contribution < -0.4 is 10.1 Å². The third-order valence-corrected chi connectivity index (χ3v) is 4.99. The number of fused-ring (bicyclic) bond motifs is 1. The molecule has 0 saturated heterocycles. The molecule has 2 N–H and O–H groups in total. The number of aromatic nitrogens is 1. The van der Waals surface area contributed by atoms with Gasteiger partial charge < -0.3 is 19.8 Å². The molecule has 1 atom stereocenters. The van der Waals surface area contributed by atoms with Gasteiger partial charge in [-0.3, -0.25) is 4.79 Å². The van der Waals surface area contributed by atoms with E-state index in [9.17, 15) is 9.59 Å². The van der Waals surface area contributed by atoms with Crippen LogP contribution in [0.3, 0.4) is 0 Å². The van der Waals surface area contributed by atoms with E-state index in [2.05, 4.69) is 10.3 Å². The van der Waals surface area contributed by atoms with E-state index in [-0.39, 0.29) is 0 Å². The fourth-order valence-electron chi connectivity index (χ4n) is 3.43. The van der Waals surface area contributed by atoms with Gasteiger partial charge in [0, 0.05) is 22.7 Å². The maximum atomic E-state index is 13.2. The number of para-hydroxylation sites is 1. The van der Waals surface area contributed by atoms with E-state index in [1.54, 1.807) is 42.6 Å². The number of hydrogen-bond acceptors (Lipinski definition) is 4. The van der Waals surface area contributed by atoms with Gasteiger partial charge in [0.2, 0.25) is 6.10 Å². The summed E-state index contributed by atoms with van der Waals surface area (Å²) in [5.41, 5.74) is 3.23. The summed E-state index contributed by atoms with van der Waals surface area (Å²) in [6.07, 6.45) is 0.462. The highest BCUT2D eigenvalue weighted by molar-refractivity contribution is 6.05. The monoisotopic (exact) mass is 414 g/mol. The summed E-state index contributed by atoms with van der Waals surface area (Å²) in [6, 6.07) is 21.8. The van der Waals surface area contributed by atoms with E-state index < -0.39 is 18.0 Å². The van der Waals surface area contributed by atoms with Crippen LogP contribution in [0.25, 0.3) is 10.9 Å². The van der Waals surface area contributed by atoms with Crippen molar-refractivity contribution in [1.29, 1.82) is 0 Å². The molecule has 0 aliphatic heterocycles. The van der Waals surface area contributed by atoms with Gasteiger partial charge in [-0.1, -0.05) is 54.6 Å². The quantitative estimate of drug-likeness (QED) is 0.434. The molecule has 3 aromatic carbocycles. The number of aromatic amines is 1. The maximum absolute atomic E-state index is 13.2. The number of anilines is 1. The van der Waals surface area contributed by atoms with E-state index in [0.29, 0.717) is 22.6 Å². The summed E-state index contributed by atoms with van der Waals surface area (Å²) < 4.78 is 11.1. The summed E-state index contributed by atoms with van der Waals surface area (Å²) in [5, 5.41) is 3.58. The normalized spacial score (nSPS) is 11.7. The minimum atomic E-state index is -1.13. The van der Waals surface area contributed by atoms with Crippen molar-refractivity contribution in [2.24, 2.45) is 0 Å². The first-order valence-corrected chi connectivity index (χ1v) is 9.84. The second-order valence-corrected chi connectivity index (χ2v) is 7.14. The molecule has 1 unspecified atom stereocenters. The molecule has 1 amide bonds. The van der Waals surface area contributed by atoms with Crippen LogP contribution in [0.4, 0.5) is 5.69 Å². The molecular formula is C25H22N2O4. The Kier molecular flexibility index (Phi) is 5.71. The second kappa shape index (κ2) is 8.75. The van der Waals surface area contributed by atoms with Crippen molar-refractivity contribution in [3.8, 4) is 5.75 Å². The number of hydrogen-bond donors (Lipinski definition) is 2. The van der Waals surface area contributed by atoms with Gasteiger partial charge in [0.25, 0.3) is 5.91 Å². The standard InChI is InChI=1S/C25H22N2O4/c1-16-12-13-22(30-2)21(14-16)27-24(28)23(17-8-4-3-5-9-17)31-25(29)19-15-26-20-11-7-6-10-18(19)20/h3-15,23,26H,1-2H3,(H,27,28). The zero-order valence-electron chi connectivity index (χ0n) is 17.2. The van der Waals surface area contributed by atoms with Gasteiger partial charge in [0.05, 0.1) is 18.4 Å². The Labute approximate surface area is 179 Å². The van der Waals surface area contributed by atoms with E-state index in [1.807, 2.05) is 43.3 Å². The van der Waals surface area contributed by atoms with Crippen LogP contribution >= 0.6 is 0 Å². The molecule has 4 aromatic rings. The smallest absolute Gasteiger partial charge is 0.341 e. The third kappa shape index (κ3) is 4.28. The molecule has 0 aliphatic carbocycles. The number of nitrogens with one attached hydrogen (secondary N) is 2. The van der Waals surface area contributed by atoms with Crippen molar-refractivity contribution >= 4 is 28.5 Å². The van der Waals surface area contributed by atoms with Gasteiger partial charge in [-0.2, -0.15) is 0 Å². The molecule has 0 bridgehead atoms. The molecule has 1 aromatic heterocycles. The summed E-state index contributed by atoms with van der Waals surface area (Å²) in [6.45, 7) is 1.92. The number of benzene rings is 3. The first-order chi connectivity index (χ1) is 15.1. The number of carbonyl (C=O) groups excluding carboxylic acids is 2. The topological polar surface area (TPSA) is 80.4 Å². The fraction of sp³-hybridized carbons (Fsp3) is 0.120. The summed E-state index contributed by atoms with van der Waals surface area (Å²) in [4.78, 5) is 29.3. The van der Waals surface area contributed by atoms with Crippen molar-refractivity contribution < 1.29 is 19.1 Å². The van der Waals surface area contributed by atoms with E-state index in [0.717, 1.165) is 16.5 Å². The molecule has 6 nitrogen and oxygen atoms in total. The van der Waals surface area contributed by atoms with Gasteiger partial charge >= 0.3 is 5.97 Å². The lowest BCUT2D eigenvalue weighted by Crippen LogP contribution is -2.26. The Morgan fingerprint density at radius 1 is 0.968 bits per heavy atom. The Hall–Kier alpha value is -4.06. The SMILES string of the molecule is COc1ccc(C)cc1NC(=O)C(OC(=O)c1c[nH]c2ccccc12)c1ccccc1. The van der Waals surface area contributed by atoms with Crippen LogP contribution in [0.2, 0.25) is 0 Å². The van der Waals surface area contributed by atoms with Crippen LogP contribution in [0.5, 0.6) is 5.75 Å². The summed E-state index contributed by atoms with van der Waals surface area (Å²) in [7, 11) is 1.53. The molecule has 4 rings (SSSR count). The number of methoxy groups -OCH3 is 1. The molecule has 156 valence electrons. The Bertz CT molecular complexity index is 1230. The number of carbonyl (C=O) groups is 2. The Balaban J connectivity index is 1.64. The highest BCUT2D eigenvalue weighted by Crippen LogP contribution is 2.29. The van der Waals surface area contributed by atoms with Crippen molar-refractivity contribution in [3.63, 3.8) is 0 Å². The average molecular weight is 414 g/mol. The number of amides is 1. The second-order valence-electron chi connectivity index (χ2n) is 7.14. The molecule has 0 fully saturated rings. The first kappa shape index (κ1) is 20.2. The Morgan fingerprint density at radius 2 is 1.71 bits per heavy atom. The third-order valence-electron chi connectivity index (χ3n) is 4.99. The highest BCUT2D eigenvalue weighted by atomic mass is 16.5. The molecular weight excluding hydrogens is 392 g/mol. The van der Waals surface area contributed by atoms with Crippen molar-refractivity contribution in [3.05, 3.63) is 95.7 Å². The van der Waals surface area contributed by atoms with Crippen LogP contribution in [0.1, 0.15) is 27.6 Å². The lowest BCUT2D eigenvalue weighted by molar-refractivity contribution is -0.125. The van der Waals surface area contributed by atoms with Gasteiger partial charge in [0.1, 0.15) is 5.75 Å². The van der Waals surface area contributed by atoms with E-state index >= 15 is 0 Å². The predicted molar refractivity (Wildman–Crippen MR) is 119 cm³/mol. The van der Waals surface area contributed by atoms with Crippen LogP contribution in [0, 0.1) is 6.92 Å². The molecule has 0 radical (unpaired) electrons. The minimum Gasteiger partial charge on any atom is -0.495 e. The summed E-state index contributed by atoms with van der Waals surface area (Å²) >= 11 is 0. The number of rotatable bonds is 6. The number of H-pyrrole nitrogens is 1. The van der Waals surface area contributed by atoms with Crippen molar-refractivity contribution in [2.45, 2.75) is 13.0 Å². The zero-order chi connectivity index (χ0) is 21.8. The number of esters is 1. The minimum absolute atomic E-state index is 0.373. The largest absolute Gasteiger partial charge is 0.495 e. The molecule has 0 saturated carbocycles. The summed E-state index contributed by atoms with van der Waals surface area (Å²) in [5.74, 6) is -0.533. The number of ether oxygens (including phenoxy) is 2. The molecule has 0 spiro atoms. The van der Waals surface area contributed by atoms with Gasteiger partial charge in [-0.25, -0.2) is 4.79 Å². The fourth-order valence-corrected chi connectivity index (χ4v) is 3.43. The predicted octanol–water partition coefficient (Wildman–Crippen LogP) is 5.02. The van der Waals surface area contributed by atoms with E-state index in [4.69, 9.17) is 9.47 Å². The molecule has 0 aliphatic rings. The zero-order valence-corrected chi connectivity index (χ0v) is 17.2. The highest BCUT2D eigenvalue weighted by Gasteiger charge is 2.27. The van der Waals surface area contributed by atoms with Crippen LogP contribution in [-0.2, 0) is 9.53 Å². The van der Waals surface area contributed by atoms with Crippen molar-refractivity contribution in [1.82, 2.24) is 4.98 Å². The lowest BCUT2D eigenvalue weighted by atomic mass is 10.1. The molecule has 31 heavy (non-hydrogen) atoms. The molecule has 1 heterocycles. The average Bonchev–Trinajstić information content (AvgIpc) is 3.22. The maximum Gasteiger partial charge on any atom is 0.341 e. The van der Waals surface area contributed by atoms with Crippen LogP contribution in [-0.4, -0.2) is 24.0 Å². The van der Waals surface area contributed by atoms with E-state index in [1.165, 1.54) is 7.11 Å².